The molecule has 0 saturated heterocycles. The first-order chi connectivity index (χ1) is 13.1. The van der Waals surface area contributed by atoms with Gasteiger partial charge in [0.15, 0.2) is 0 Å². The first kappa shape index (κ1) is 18.4. The fourth-order valence-electron chi connectivity index (χ4n) is 2.32. The molecule has 0 atom stereocenters. The summed E-state index contributed by atoms with van der Waals surface area (Å²) < 4.78 is 5.77. The van der Waals surface area contributed by atoms with E-state index in [4.69, 9.17) is 4.74 Å². The number of carbonyl (C=O) groups is 1. The van der Waals surface area contributed by atoms with E-state index in [0.29, 0.717) is 24.0 Å². The summed E-state index contributed by atoms with van der Waals surface area (Å²) in [6.07, 6.45) is 1.37. The Morgan fingerprint density at radius 1 is 1.00 bits per heavy atom. The summed E-state index contributed by atoms with van der Waals surface area (Å²) in [4.78, 5) is 20.3. The van der Waals surface area contributed by atoms with Crippen LogP contribution in [0.1, 0.15) is 24.3 Å². The Labute approximate surface area is 158 Å². The molecule has 0 saturated carbocycles. The highest BCUT2D eigenvalue weighted by Crippen LogP contribution is 2.23. The molecule has 0 bridgehead atoms. The molecule has 3 aromatic rings. The van der Waals surface area contributed by atoms with Crippen LogP contribution in [0.4, 0.5) is 11.5 Å². The van der Waals surface area contributed by atoms with E-state index in [-0.39, 0.29) is 5.91 Å². The monoisotopic (exact) mass is 362 g/mol. The molecule has 0 aliphatic rings. The number of benzene rings is 2. The van der Waals surface area contributed by atoms with Crippen molar-refractivity contribution in [3.05, 3.63) is 72.7 Å². The normalized spacial score (nSPS) is 10.5. The topological polar surface area (TPSA) is 76.1 Å². The molecule has 138 valence electrons. The van der Waals surface area contributed by atoms with Crippen LogP contribution in [0.3, 0.4) is 0 Å². The Bertz CT molecular complexity index is 880. The Morgan fingerprint density at radius 2 is 1.70 bits per heavy atom. The van der Waals surface area contributed by atoms with Gasteiger partial charge in [-0.25, -0.2) is 9.97 Å². The van der Waals surface area contributed by atoms with Gasteiger partial charge in [0, 0.05) is 18.3 Å². The standard InChI is InChI=1S/C21H22N4O2/c1-15(2)13-22-21(26)19-12-20(24-14-23-19)25-16-8-10-18(11-9-16)27-17-6-4-3-5-7-17/h3-12,14-15H,13H2,1-2H3,(H,22,26)(H,23,24,25). The zero-order valence-electron chi connectivity index (χ0n) is 15.3. The summed E-state index contributed by atoms with van der Waals surface area (Å²) in [7, 11) is 0. The van der Waals surface area contributed by atoms with Crippen molar-refractivity contribution in [3.8, 4) is 11.5 Å². The SMILES string of the molecule is CC(C)CNC(=O)c1cc(Nc2ccc(Oc3ccccc3)cc2)ncn1. The molecular weight excluding hydrogens is 340 g/mol. The molecule has 0 fully saturated rings. The maximum Gasteiger partial charge on any atom is 0.270 e. The van der Waals surface area contributed by atoms with E-state index in [1.807, 2.05) is 68.4 Å². The highest BCUT2D eigenvalue weighted by atomic mass is 16.5. The van der Waals surface area contributed by atoms with Crippen LogP contribution >= 0.6 is 0 Å². The van der Waals surface area contributed by atoms with Gasteiger partial charge in [-0.2, -0.15) is 0 Å². The highest BCUT2D eigenvalue weighted by Gasteiger charge is 2.09. The number of rotatable bonds is 7. The average molecular weight is 362 g/mol. The first-order valence-electron chi connectivity index (χ1n) is 8.80. The van der Waals surface area contributed by atoms with E-state index in [1.54, 1.807) is 6.07 Å². The lowest BCUT2D eigenvalue weighted by Crippen LogP contribution is -2.28. The van der Waals surface area contributed by atoms with E-state index in [2.05, 4.69) is 20.6 Å². The van der Waals surface area contributed by atoms with Gasteiger partial charge in [-0.3, -0.25) is 4.79 Å². The van der Waals surface area contributed by atoms with Crippen molar-refractivity contribution >= 4 is 17.4 Å². The third-order valence-electron chi connectivity index (χ3n) is 3.68. The number of hydrogen-bond acceptors (Lipinski definition) is 5. The van der Waals surface area contributed by atoms with Crippen LogP contribution in [0.15, 0.2) is 67.0 Å². The predicted octanol–water partition coefficient (Wildman–Crippen LogP) is 4.40. The van der Waals surface area contributed by atoms with Gasteiger partial charge in [-0.1, -0.05) is 32.0 Å². The van der Waals surface area contributed by atoms with Crippen LogP contribution in [0, 0.1) is 5.92 Å². The summed E-state index contributed by atoms with van der Waals surface area (Å²) in [5.41, 5.74) is 1.17. The molecule has 6 heteroatoms. The van der Waals surface area contributed by atoms with Gasteiger partial charge in [-0.15, -0.1) is 0 Å². The van der Waals surface area contributed by atoms with Crippen LogP contribution in [0.25, 0.3) is 0 Å². The number of para-hydroxylation sites is 1. The largest absolute Gasteiger partial charge is 0.457 e. The summed E-state index contributed by atoms with van der Waals surface area (Å²) >= 11 is 0. The minimum absolute atomic E-state index is 0.208. The fourth-order valence-corrected chi connectivity index (χ4v) is 2.32. The van der Waals surface area contributed by atoms with Crippen molar-refractivity contribution < 1.29 is 9.53 Å². The predicted molar refractivity (Wildman–Crippen MR) is 105 cm³/mol. The minimum Gasteiger partial charge on any atom is -0.457 e. The van der Waals surface area contributed by atoms with Crippen molar-refractivity contribution in [3.63, 3.8) is 0 Å². The van der Waals surface area contributed by atoms with Crippen molar-refractivity contribution in [2.45, 2.75) is 13.8 Å². The molecule has 1 aromatic heterocycles. The van der Waals surface area contributed by atoms with Gasteiger partial charge in [0.25, 0.3) is 5.91 Å². The van der Waals surface area contributed by atoms with Gasteiger partial charge in [-0.05, 0) is 42.3 Å². The molecule has 0 aliphatic carbocycles. The number of nitrogens with one attached hydrogen (secondary N) is 2. The molecule has 1 amide bonds. The number of aromatic nitrogens is 2. The van der Waals surface area contributed by atoms with Crippen LogP contribution < -0.4 is 15.4 Å². The molecular formula is C21H22N4O2. The number of anilines is 2. The molecule has 0 spiro atoms. The second-order valence-corrected chi connectivity index (χ2v) is 6.46. The molecule has 6 nitrogen and oxygen atoms in total. The number of carbonyl (C=O) groups excluding carboxylic acids is 1. The zero-order valence-corrected chi connectivity index (χ0v) is 15.3. The third-order valence-corrected chi connectivity index (χ3v) is 3.68. The fraction of sp³-hybridized carbons (Fsp3) is 0.190. The second kappa shape index (κ2) is 8.80. The van der Waals surface area contributed by atoms with Crippen molar-refractivity contribution in [2.24, 2.45) is 5.92 Å². The molecule has 0 aliphatic heterocycles. The van der Waals surface area contributed by atoms with Crippen molar-refractivity contribution in [1.29, 1.82) is 0 Å². The van der Waals surface area contributed by atoms with E-state index < -0.39 is 0 Å². The van der Waals surface area contributed by atoms with E-state index >= 15 is 0 Å². The summed E-state index contributed by atoms with van der Waals surface area (Å²) in [5, 5.41) is 6.02. The lowest BCUT2D eigenvalue weighted by atomic mass is 10.2. The molecule has 0 radical (unpaired) electrons. The molecule has 0 unspecified atom stereocenters. The average Bonchev–Trinajstić information content (AvgIpc) is 2.68. The van der Waals surface area contributed by atoms with Gasteiger partial charge >= 0.3 is 0 Å². The lowest BCUT2D eigenvalue weighted by Gasteiger charge is -2.10. The zero-order chi connectivity index (χ0) is 19.1. The summed E-state index contributed by atoms with van der Waals surface area (Å²) in [6, 6.07) is 18.7. The number of amides is 1. The molecule has 27 heavy (non-hydrogen) atoms. The first-order valence-corrected chi connectivity index (χ1v) is 8.80. The molecule has 2 N–H and O–H groups in total. The van der Waals surface area contributed by atoms with Crippen LogP contribution in [0.5, 0.6) is 11.5 Å². The lowest BCUT2D eigenvalue weighted by molar-refractivity contribution is 0.0944. The molecule has 3 rings (SSSR count). The highest BCUT2D eigenvalue weighted by molar-refractivity contribution is 5.92. The minimum atomic E-state index is -0.208. The number of hydrogen-bond donors (Lipinski definition) is 2. The maximum absolute atomic E-state index is 12.1. The van der Waals surface area contributed by atoms with Gasteiger partial charge in [0.2, 0.25) is 0 Å². The summed E-state index contributed by atoms with van der Waals surface area (Å²) in [6.45, 7) is 4.69. The van der Waals surface area contributed by atoms with Crippen molar-refractivity contribution in [2.75, 3.05) is 11.9 Å². The van der Waals surface area contributed by atoms with Gasteiger partial charge in [0.05, 0.1) is 0 Å². The number of ether oxygens (including phenoxy) is 1. The Kier molecular flexibility index (Phi) is 5.99. The van der Waals surface area contributed by atoms with Crippen LogP contribution in [-0.4, -0.2) is 22.4 Å². The van der Waals surface area contributed by atoms with Crippen molar-refractivity contribution in [1.82, 2.24) is 15.3 Å². The third kappa shape index (κ3) is 5.54. The molecule has 2 aromatic carbocycles. The van der Waals surface area contributed by atoms with E-state index in [9.17, 15) is 4.79 Å². The quantitative estimate of drug-likeness (QED) is 0.651. The Hall–Kier alpha value is -3.41. The number of nitrogens with zero attached hydrogens (tertiary/aromatic N) is 2. The Morgan fingerprint density at radius 3 is 2.41 bits per heavy atom. The van der Waals surface area contributed by atoms with Crippen LogP contribution in [-0.2, 0) is 0 Å². The smallest absolute Gasteiger partial charge is 0.270 e. The van der Waals surface area contributed by atoms with E-state index in [1.165, 1.54) is 6.33 Å². The summed E-state index contributed by atoms with van der Waals surface area (Å²) in [5.74, 6) is 2.25. The molecule has 1 heterocycles. The maximum atomic E-state index is 12.1. The van der Waals surface area contributed by atoms with Gasteiger partial charge < -0.3 is 15.4 Å². The van der Waals surface area contributed by atoms with Gasteiger partial charge in [0.1, 0.15) is 29.3 Å². The second-order valence-electron chi connectivity index (χ2n) is 6.46. The Balaban J connectivity index is 1.63. The van der Waals surface area contributed by atoms with E-state index in [0.717, 1.165) is 17.2 Å². The van der Waals surface area contributed by atoms with Crippen LogP contribution in [0.2, 0.25) is 0 Å².